The van der Waals surface area contributed by atoms with Crippen LogP contribution < -0.4 is 9.62 Å². The topological polar surface area (TPSA) is 86.8 Å². The van der Waals surface area contributed by atoms with E-state index in [0.29, 0.717) is 5.69 Å². The maximum Gasteiger partial charge on any atom is 0.264 e. The minimum atomic E-state index is -4.12. The Morgan fingerprint density at radius 2 is 1.29 bits per heavy atom. The molecule has 1 N–H and O–H groups in total. The third kappa shape index (κ3) is 7.84. The zero-order valence-electron chi connectivity index (χ0n) is 22.3. The highest BCUT2D eigenvalue weighted by atomic mass is 79.9. The van der Waals surface area contributed by atoms with Gasteiger partial charge in [-0.15, -0.1) is 0 Å². The van der Waals surface area contributed by atoms with Crippen LogP contribution >= 0.6 is 31.9 Å². The highest BCUT2D eigenvalue weighted by molar-refractivity contribution is 9.10. The van der Waals surface area contributed by atoms with Gasteiger partial charge in [-0.3, -0.25) is 13.9 Å². The van der Waals surface area contributed by atoms with E-state index >= 15 is 0 Å². The number of nitrogens with zero attached hydrogens (tertiary/aromatic N) is 2. The van der Waals surface area contributed by atoms with Gasteiger partial charge in [0.1, 0.15) is 12.6 Å². The van der Waals surface area contributed by atoms with Crippen molar-refractivity contribution in [3.8, 4) is 0 Å². The van der Waals surface area contributed by atoms with Gasteiger partial charge in [0.2, 0.25) is 11.8 Å². The first kappa shape index (κ1) is 30.5. The van der Waals surface area contributed by atoms with Crippen molar-refractivity contribution in [2.75, 3.05) is 17.9 Å². The molecule has 4 rings (SSSR count). The van der Waals surface area contributed by atoms with Crippen LogP contribution in [0.25, 0.3) is 0 Å². The third-order valence-corrected chi connectivity index (χ3v) is 9.35. The quantitative estimate of drug-likeness (QED) is 0.215. The second kappa shape index (κ2) is 13.9. The van der Waals surface area contributed by atoms with Crippen molar-refractivity contribution in [3.63, 3.8) is 0 Å². The molecule has 0 aliphatic carbocycles. The molecule has 10 heteroatoms. The Hall–Kier alpha value is -3.47. The van der Waals surface area contributed by atoms with E-state index in [2.05, 4.69) is 37.2 Å². The molecule has 7 nitrogen and oxygen atoms in total. The van der Waals surface area contributed by atoms with Crippen LogP contribution in [0, 0.1) is 0 Å². The lowest BCUT2D eigenvalue weighted by molar-refractivity contribution is -0.139. The van der Waals surface area contributed by atoms with Crippen LogP contribution in [0.1, 0.15) is 11.1 Å². The number of anilines is 1. The largest absolute Gasteiger partial charge is 0.357 e. The van der Waals surface area contributed by atoms with Gasteiger partial charge in [-0.1, -0.05) is 92.5 Å². The lowest BCUT2D eigenvalue weighted by Crippen LogP contribution is -2.53. The van der Waals surface area contributed by atoms with E-state index in [1.54, 1.807) is 42.5 Å². The van der Waals surface area contributed by atoms with Crippen LogP contribution in [-0.4, -0.2) is 44.8 Å². The van der Waals surface area contributed by atoms with E-state index in [-0.39, 0.29) is 23.8 Å². The van der Waals surface area contributed by atoms with Gasteiger partial charge in [-0.2, -0.15) is 0 Å². The molecule has 0 heterocycles. The SMILES string of the molecule is CNC(=O)C(Cc1ccccc1)N(Cc1ccc(Br)cc1)C(=O)CN(c1ccc(Br)cc1)S(=O)(=O)c1ccccc1. The molecule has 4 aromatic rings. The lowest BCUT2D eigenvalue weighted by Gasteiger charge is -2.33. The van der Waals surface area contributed by atoms with Crippen molar-refractivity contribution in [1.82, 2.24) is 10.2 Å². The summed E-state index contributed by atoms with van der Waals surface area (Å²) in [6, 6.07) is 30.7. The molecule has 2 amide bonds. The average molecular weight is 699 g/mol. The fourth-order valence-electron chi connectivity index (χ4n) is 4.36. The predicted molar refractivity (Wildman–Crippen MR) is 168 cm³/mol. The summed E-state index contributed by atoms with van der Waals surface area (Å²) in [6.45, 7) is -0.395. The van der Waals surface area contributed by atoms with Crippen molar-refractivity contribution in [2.24, 2.45) is 0 Å². The van der Waals surface area contributed by atoms with E-state index in [4.69, 9.17) is 0 Å². The van der Waals surface area contributed by atoms with Crippen molar-refractivity contribution < 1.29 is 18.0 Å². The van der Waals surface area contributed by atoms with Crippen molar-refractivity contribution in [1.29, 1.82) is 0 Å². The number of sulfonamides is 1. The molecule has 0 bridgehead atoms. The Balaban J connectivity index is 1.77. The number of hydrogen-bond donors (Lipinski definition) is 1. The second-order valence-corrected chi connectivity index (χ2v) is 13.0. The van der Waals surface area contributed by atoms with Crippen LogP contribution in [0.3, 0.4) is 0 Å². The Labute approximate surface area is 257 Å². The highest BCUT2D eigenvalue weighted by Crippen LogP contribution is 2.26. The predicted octanol–water partition coefficient (Wildman–Crippen LogP) is 5.79. The Morgan fingerprint density at radius 3 is 1.85 bits per heavy atom. The number of hydrogen-bond acceptors (Lipinski definition) is 4. The summed E-state index contributed by atoms with van der Waals surface area (Å²) < 4.78 is 30.5. The summed E-state index contributed by atoms with van der Waals surface area (Å²) in [4.78, 5) is 29.0. The number of carbonyl (C=O) groups is 2. The van der Waals surface area contributed by atoms with Gasteiger partial charge in [0.25, 0.3) is 10.0 Å². The lowest BCUT2D eigenvalue weighted by atomic mass is 10.0. The molecule has 41 heavy (non-hydrogen) atoms. The monoisotopic (exact) mass is 697 g/mol. The van der Waals surface area contributed by atoms with Crippen molar-refractivity contribution in [2.45, 2.75) is 23.9 Å². The number of rotatable bonds is 11. The summed E-state index contributed by atoms with van der Waals surface area (Å²) in [5, 5.41) is 2.69. The van der Waals surface area contributed by atoms with Crippen LogP contribution in [0.5, 0.6) is 0 Å². The normalized spacial score (nSPS) is 11.9. The maximum atomic E-state index is 14.2. The van der Waals surface area contributed by atoms with Crippen molar-refractivity contribution >= 4 is 59.4 Å². The molecule has 0 saturated carbocycles. The Kier molecular flexibility index (Phi) is 10.4. The molecule has 212 valence electrons. The summed E-state index contributed by atoms with van der Waals surface area (Å²) in [7, 11) is -2.60. The van der Waals surface area contributed by atoms with Gasteiger partial charge in [0, 0.05) is 29.0 Å². The van der Waals surface area contributed by atoms with Crippen LogP contribution in [-0.2, 0) is 32.6 Å². The van der Waals surface area contributed by atoms with Crippen LogP contribution in [0.2, 0.25) is 0 Å². The number of benzene rings is 4. The number of halogens is 2. The summed E-state index contributed by atoms with van der Waals surface area (Å²) >= 11 is 6.82. The first-order valence-electron chi connectivity index (χ1n) is 12.8. The second-order valence-electron chi connectivity index (χ2n) is 9.27. The van der Waals surface area contributed by atoms with E-state index in [9.17, 15) is 18.0 Å². The molecule has 0 fully saturated rings. The third-order valence-electron chi connectivity index (χ3n) is 6.51. The molecule has 0 aromatic heterocycles. The molecular weight excluding hydrogens is 670 g/mol. The molecule has 0 aliphatic rings. The van der Waals surface area contributed by atoms with Gasteiger partial charge in [-0.05, 0) is 59.7 Å². The maximum absolute atomic E-state index is 14.2. The van der Waals surface area contributed by atoms with Gasteiger partial charge in [0.15, 0.2) is 0 Å². The molecule has 0 radical (unpaired) electrons. The minimum absolute atomic E-state index is 0.0577. The Morgan fingerprint density at radius 1 is 0.756 bits per heavy atom. The molecule has 0 spiro atoms. The highest BCUT2D eigenvalue weighted by Gasteiger charge is 2.34. The number of nitrogens with one attached hydrogen (secondary N) is 1. The first-order chi connectivity index (χ1) is 19.7. The Bertz CT molecular complexity index is 1570. The van der Waals surface area contributed by atoms with Crippen LogP contribution in [0.15, 0.2) is 123 Å². The van der Waals surface area contributed by atoms with Gasteiger partial charge in [0.05, 0.1) is 10.6 Å². The van der Waals surface area contributed by atoms with Crippen LogP contribution in [0.4, 0.5) is 5.69 Å². The van der Waals surface area contributed by atoms with Gasteiger partial charge in [-0.25, -0.2) is 8.42 Å². The molecular formula is C31H29Br2N3O4S. The minimum Gasteiger partial charge on any atom is -0.357 e. The number of carbonyl (C=O) groups excluding carboxylic acids is 2. The van der Waals surface area contributed by atoms with E-state index in [1.807, 2.05) is 54.6 Å². The molecule has 1 unspecified atom stereocenters. The van der Waals surface area contributed by atoms with Gasteiger partial charge >= 0.3 is 0 Å². The van der Waals surface area contributed by atoms with E-state index in [1.165, 1.54) is 24.1 Å². The van der Waals surface area contributed by atoms with Crippen molar-refractivity contribution in [3.05, 3.63) is 129 Å². The summed E-state index contributed by atoms with van der Waals surface area (Å²) in [6.07, 6.45) is 0.256. The van der Waals surface area contributed by atoms with E-state index in [0.717, 1.165) is 24.4 Å². The van der Waals surface area contributed by atoms with Gasteiger partial charge < -0.3 is 10.2 Å². The average Bonchev–Trinajstić information content (AvgIpc) is 2.99. The fraction of sp³-hybridized carbons (Fsp3) is 0.161. The summed E-state index contributed by atoms with van der Waals surface area (Å²) in [5.41, 5.74) is 1.99. The zero-order chi connectivity index (χ0) is 29.4. The molecule has 0 saturated heterocycles. The fourth-order valence-corrected chi connectivity index (χ4v) is 6.33. The van der Waals surface area contributed by atoms with E-state index < -0.39 is 28.5 Å². The summed E-state index contributed by atoms with van der Waals surface area (Å²) in [5.74, 6) is -0.861. The first-order valence-corrected chi connectivity index (χ1v) is 15.8. The smallest absolute Gasteiger partial charge is 0.264 e. The zero-order valence-corrected chi connectivity index (χ0v) is 26.3. The molecule has 1 atom stereocenters. The number of likely N-dealkylation sites (N-methyl/N-ethyl adjacent to an activating group) is 1. The molecule has 4 aromatic carbocycles. The standard InChI is InChI=1S/C31H29Br2N3O4S/c1-34-31(38)29(20-23-8-4-2-5-9-23)35(21-24-12-14-25(32)15-13-24)30(37)22-36(27-18-16-26(33)17-19-27)41(39,40)28-10-6-3-7-11-28/h2-19,29H,20-22H2,1H3,(H,34,38). The molecule has 0 aliphatic heterocycles. The number of amides is 2.